The van der Waals surface area contributed by atoms with E-state index in [0.29, 0.717) is 12.1 Å². The van der Waals surface area contributed by atoms with Gasteiger partial charge in [-0.25, -0.2) is 17.2 Å². The normalized spacial score (nSPS) is 24.1. The third-order valence-corrected chi connectivity index (χ3v) is 11.2. The second-order valence-corrected chi connectivity index (χ2v) is 13.9. The van der Waals surface area contributed by atoms with Gasteiger partial charge in [-0.05, 0) is 93.7 Å². The van der Waals surface area contributed by atoms with Crippen LogP contribution in [0.3, 0.4) is 0 Å². The van der Waals surface area contributed by atoms with Crippen LogP contribution in [0.25, 0.3) is 0 Å². The van der Waals surface area contributed by atoms with Gasteiger partial charge in [-0.3, -0.25) is 4.79 Å². The van der Waals surface area contributed by atoms with E-state index in [1.165, 1.54) is 13.8 Å². The Morgan fingerprint density at radius 3 is 2.07 bits per heavy atom. The van der Waals surface area contributed by atoms with Gasteiger partial charge in [0, 0.05) is 11.6 Å². The largest absolute Gasteiger partial charge is 0.435 e. The molecule has 2 aromatic carbocycles. The van der Waals surface area contributed by atoms with Crippen LogP contribution in [0, 0.1) is 17.7 Å². The Morgan fingerprint density at radius 2 is 1.55 bits per heavy atom. The molecule has 2 aliphatic rings. The van der Waals surface area contributed by atoms with Crippen molar-refractivity contribution in [2.75, 3.05) is 0 Å². The van der Waals surface area contributed by atoms with Gasteiger partial charge >= 0.3 is 18.0 Å². The summed E-state index contributed by atoms with van der Waals surface area (Å²) in [6.07, 6.45) is -12.7. The van der Waals surface area contributed by atoms with Crippen LogP contribution in [0.4, 0.5) is 35.1 Å². The molecule has 0 heterocycles. The maximum atomic E-state index is 14.9. The highest BCUT2D eigenvalue weighted by Gasteiger charge is 2.73. The molecule has 14 heteroatoms. The summed E-state index contributed by atoms with van der Waals surface area (Å²) in [5, 5.41) is 2.79. The average Bonchev–Trinajstić information content (AvgIpc) is 3.28. The topological polar surface area (TPSA) is 89.3 Å². The lowest BCUT2D eigenvalue weighted by Crippen LogP contribution is -2.54. The number of hydrogen-bond acceptors (Lipinski definition) is 4. The molecule has 1 amide bonds. The predicted molar refractivity (Wildman–Crippen MR) is 137 cm³/mol. The van der Waals surface area contributed by atoms with Crippen LogP contribution in [0.15, 0.2) is 47.4 Å². The van der Waals surface area contributed by atoms with E-state index in [2.05, 4.69) is 5.32 Å². The first-order valence-corrected chi connectivity index (χ1v) is 14.6. The molecule has 0 aliphatic heterocycles. The molecule has 3 N–H and O–H groups in total. The summed E-state index contributed by atoms with van der Waals surface area (Å²) >= 11 is 0. The fourth-order valence-electron chi connectivity index (χ4n) is 6.52. The SMILES string of the molecule is C[C@H](NC(=O)C(C)(C)N)[C@@H]1CC[C@@]2(S(=O)(=O)c3ccc(F)cc3)c3ccc(C(F)(C(F)(F)F)C(F)(F)F)cc3CC[C@@H]12. The van der Waals surface area contributed by atoms with Crippen molar-refractivity contribution in [1.29, 1.82) is 0 Å². The van der Waals surface area contributed by atoms with Crippen molar-refractivity contribution in [3.05, 3.63) is 65.0 Å². The Labute approximate surface area is 237 Å². The number of halogens is 8. The number of amides is 1. The van der Waals surface area contributed by atoms with Crippen LogP contribution in [0.2, 0.25) is 0 Å². The minimum Gasteiger partial charge on any atom is -0.352 e. The maximum Gasteiger partial charge on any atom is 0.435 e. The molecular formula is C28H30F8N2O3S. The smallest absolute Gasteiger partial charge is 0.352 e. The lowest BCUT2D eigenvalue weighted by Gasteiger charge is -2.44. The molecule has 5 nitrogen and oxygen atoms in total. The molecule has 2 aromatic rings. The van der Waals surface area contributed by atoms with Gasteiger partial charge in [0.05, 0.1) is 10.4 Å². The second kappa shape index (κ2) is 10.2. The van der Waals surface area contributed by atoms with Crippen molar-refractivity contribution < 1.29 is 48.3 Å². The van der Waals surface area contributed by atoms with Gasteiger partial charge in [-0.2, -0.15) is 26.3 Å². The number of hydrogen-bond donors (Lipinski definition) is 2. The molecule has 0 aromatic heterocycles. The number of carbonyl (C=O) groups is 1. The summed E-state index contributed by atoms with van der Waals surface area (Å²) < 4.78 is 137. The van der Waals surface area contributed by atoms with Crippen molar-refractivity contribution >= 4 is 15.7 Å². The van der Waals surface area contributed by atoms with Crippen molar-refractivity contribution in [1.82, 2.24) is 5.32 Å². The lowest BCUT2D eigenvalue weighted by atomic mass is 9.71. The Kier molecular flexibility index (Phi) is 7.79. The van der Waals surface area contributed by atoms with Crippen LogP contribution in [-0.4, -0.2) is 38.3 Å². The molecule has 4 rings (SSSR count). The highest BCUT2D eigenvalue weighted by atomic mass is 32.2. The second-order valence-electron chi connectivity index (χ2n) is 11.7. The minimum absolute atomic E-state index is 0.00505. The van der Waals surface area contributed by atoms with E-state index in [4.69, 9.17) is 5.73 Å². The quantitative estimate of drug-likeness (QED) is 0.304. The van der Waals surface area contributed by atoms with Crippen LogP contribution in [-0.2, 0) is 31.5 Å². The Morgan fingerprint density at radius 1 is 0.976 bits per heavy atom. The fourth-order valence-corrected chi connectivity index (χ4v) is 9.00. The number of rotatable bonds is 6. The maximum absolute atomic E-state index is 14.9. The molecule has 1 saturated carbocycles. The molecule has 2 aliphatic carbocycles. The zero-order chi connectivity index (χ0) is 31.7. The predicted octanol–water partition coefficient (Wildman–Crippen LogP) is 6.00. The molecule has 1 fully saturated rings. The van der Waals surface area contributed by atoms with E-state index in [1.54, 1.807) is 6.92 Å². The molecule has 0 spiro atoms. The Bertz CT molecular complexity index is 1450. The summed E-state index contributed by atoms with van der Waals surface area (Å²) in [5.74, 6) is -2.46. The zero-order valence-electron chi connectivity index (χ0n) is 22.8. The van der Waals surface area contributed by atoms with Crippen LogP contribution < -0.4 is 11.1 Å². The standard InChI is InChI=1S/C28H30F8N2O3S/c1-15(38-23(39)24(2,3)37)20-12-13-25(42(40,41)19-8-6-18(29)7-9-19)21-11-5-17(14-16(21)4-10-22(20)25)26(30,27(31,32)33)28(34,35)36/h5-9,11,14-15,20,22H,4,10,12-13,37H2,1-3H3,(H,38,39)/t15-,20-,22-,25+/m0/s1. The van der Waals surface area contributed by atoms with Gasteiger partial charge in [-0.1, -0.05) is 18.2 Å². The number of alkyl halides is 7. The van der Waals surface area contributed by atoms with Crippen LogP contribution in [0.1, 0.15) is 56.7 Å². The zero-order valence-corrected chi connectivity index (χ0v) is 23.7. The van der Waals surface area contributed by atoms with Crippen LogP contribution in [0.5, 0.6) is 0 Å². The highest BCUT2D eigenvalue weighted by Crippen LogP contribution is 2.61. The number of carbonyl (C=O) groups excluding carboxylic acids is 1. The summed E-state index contributed by atoms with van der Waals surface area (Å²) in [6.45, 7) is 4.63. The van der Waals surface area contributed by atoms with Gasteiger partial charge in [0.15, 0.2) is 9.84 Å². The number of benzene rings is 2. The molecule has 0 saturated heterocycles. The number of nitrogens with one attached hydrogen (secondary N) is 1. The first-order chi connectivity index (χ1) is 19.1. The van der Waals surface area contributed by atoms with Gasteiger partial charge in [0.25, 0.3) is 0 Å². The molecule has 0 radical (unpaired) electrons. The summed E-state index contributed by atoms with van der Waals surface area (Å²) in [6, 6.07) is 4.93. The molecule has 0 bridgehead atoms. The number of sulfone groups is 1. The van der Waals surface area contributed by atoms with Crippen LogP contribution >= 0.6 is 0 Å². The van der Waals surface area contributed by atoms with E-state index < -0.39 is 73.3 Å². The minimum atomic E-state index is -6.34. The van der Waals surface area contributed by atoms with Gasteiger partial charge in [0.2, 0.25) is 5.91 Å². The van der Waals surface area contributed by atoms with Crippen molar-refractivity contribution in [2.45, 2.75) is 85.7 Å². The molecule has 42 heavy (non-hydrogen) atoms. The summed E-state index contributed by atoms with van der Waals surface area (Å²) in [5.41, 5.74) is -2.95. The lowest BCUT2D eigenvalue weighted by molar-refractivity contribution is -0.348. The van der Waals surface area contributed by atoms with Crippen molar-refractivity contribution in [3.8, 4) is 0 Å². The van der Waals surface area contributed by atoms with E-state index in [0.717, 1.165) is 30.3 Å². The first kappa shape index (κ1) is 32.2. The van der Waals surface area contributed by atoms with Gasteiger partial charge < -0.3 is 11.1 Å². The van der Waals surface area contributed by atoms with Gasteiger partial charge in [0.1, 0.15) is 10.6 Å². The number of nitrogens with two attached hydrogens (primary N) is 1. The third kappa shape index (κ3) is 4.87. The van der Waals surface area contributed by atoms with Crippen molar-refractivity contribution in [3.63, 3.8) is 0 Å². The molecule has 0 unspecified atom stereocenters. The number of fused-ring (bicyclic) bond motifs is 3. The number of aryl methyl sites for hydroxylation is 1. The summed E-state index contributed by atoms with van der Waals surface area (Å²) in [4.78, 5) is 12.3. The third-order valence-electron chi connectivity index (χ3n) is 8.62. The monoisotopic (exact) mass is 626 g/mol. The molecule has 4 atom stereocenters. The Hall–Kier alpha value is -2.74. The first-order valence-electron chi connectivity index (χ1n) is 13.2. The van der Waals surface area contributed by atoms with E-state index in [-0.39, 0.29) is 41.7 Å². The van der Waals surface area contributed by atoms with Gasteiger partial charge in [-0.15, -0.1) is 0 Å². The van der Waals surface area contributed by atoms with E-state index >= 15 is 0 Å². The van der Waals surface area contributed by atoms with E-state index in [1.807, 2.05) is 0 Å². The van der Waals surface area contributed by atoms with E-state index in [9.17, 15) is 48.3 Å². The fraction of sp³-hybridized carbons (Fsp3) is 0.536. The molecular weight excluding hydrogens is 596 g/mol. The molecule has 232 valence electrons. The Balaban J connectivity index is 1.90. The summed E-state index contributed by atoms with van der Waals surface area (Å²) in [7, 11) is -4.46. The highest BCUT2D eigenvalue weighted by molar-refractivity contribution is 7.92. The van der Waals surface area contributed by atoms with Crippen molar-refractivity contribution in [2.24, 2.45) is 17.6 Å². The average molecular weight is 627 g/mol.